The van der Waals surface area contributed by atoms with Gasteiger partial charge in [-0.05, 0) is 28.1 Å². The van der Waals surface area contributed by atoms with E-state index in [0.29, 0.717) is 12.0 Å². The average Bonchev–Trinajstić information content (AvgIpc) is 2.16. The maximum absolute atomic E-state index is 11.0. The molecule has 0 aliphatic rings. The SMILES string of the molecule is CN(C(=O)C=O)c1ccccc1Br. The highest BCUT2D eigenvalue weighted by Gasteiger charge is 2.11. The summed E-state index contributed by atoms with van der Waals surface area (Å²) in [5, 5.41) is 0. The number of carbonyl (C=O) groups excluding carboxylic acids is 2. The Balaban J connectivity index is 3.01. The van der Waals surface area contributed by atoms with E-state index < -0.39 is 5.91 Å². The Kier molecular flexibility index (Phi) is 3.19. The van der Waals surface area contributed by atoms with Crippen LogP contribution in [0.2, 0.25) is 0 Å². The number of aldehydes is 1. The summed E-state index contributed by atoms with van der Waals surface area (Å²) >= 11 is 3.28. The lowest BCUT2D eigenvalue weighted by molar-refractivity contribution is -0.129. The average molecular weight is 242 g/mol. The van der Waals surface area contributed by atoms with E-state index in [1.54, 1.807) is 19.2 Å². The second kappa shape index (κ2) is 4.18. The predicted molar refractivity (Wildman–Crippen MR) is 53.6 cm³/mol. The Morgan fingerprint density at radius 2 is 2.08 bits per heavy atom. The van der Waals surface area contributed by atoms with Crippen molar-refractivity contribution in [1.29, 1.82) is 0 Å². The van der Waals surface area contributed by atoms with Crippen molar-refractivity contribution in [2.45, 2.75) is 0 Å². The summed E-state index contributed by atoms with van der Waals surface area (Å²) in [6.45, 7) is 0. The number of amides is 1. The highest BCUT2D eigenvalue weighted by Crippen LogP contribution is 2.24. The van der Waals surface area contributed by atoms with Crippen molar-refractivity contribution in [3.8, 4) is 0 Å². The van der Waals surface area contributed by atoms with Crippen LogP contribution in [0, 0.1) is 0 Å². The van der Waals surface area contributed by atoms with Crippen LogP contribution in [0.25, 0.3) is 0 Å². The van der Waals surface area contributed by atoms with E-state index in [9.17, 15) is 9.59 Å². The van der Waals surface area contributed by atoms with Gasteiger partial charge in [0.2, 0.25) is 6.29 Å². The van der Waals surface area contributed by atoms with Gasteiger partial charge in [0.1, 0.15) is 0 Å². The van der Waals surface area contributed by atoms with Crippen molar-refractivity contribution in [2.24, 2.45) is 0 Å². The first-order valence-electron chi connectivity index (χ1n) is 3.64. The lowest BCUT2D eigenvalue weighted by Gasteiger charge is -2.15. The van der Waals surface area contributed by atoms with Gasteiger partial charge in [0.15, 0.2) is 0 Å². The van der Waals surface area contributed by atoms with Crippen molar-refractivity contribution < 1.29 is 9.59 Å². The standard InChI is InChI=1S/C9H8BrNO2/c1-11(9(13)6-12)8-5-3-2-4-7(8)10/h2-6H,1H3. The molecule has 0 atom stereocenters. The third kappa shape index (κ3) is 2.15. The van der Waals surface area contributed by atoms with Crippen LogP contribution in [0.5, 0.6) is 0 Å². The number of anilines is 1. The molecule has 0 saturated carbocycles. The van der Waals surface area contributed by atoms with Crippen LogP contribution in [-0.4, -0.2) is 19.2 Å². The molecule has 0 saturated heterocycles. The second-order valence-corrected chi connectivity index (χ2v) is 3.32. The van der Waals surface area contributed by atoms with E-state index in [2.05, 4.69) is 15.9 Å². The molecule has 0 spiro atoms. The summed E-state index contributed by atoms with van der Waals surface area (Å²) in [5.41, 5.74) is 0.680. The zero-order valence-electron chi connectivity index (χ0n) is 7.03. The smallest absolute Gasteiger partial charge is 0.290 e. The van der Waals surface area contributed by atoms with Crippen molar-refractivity contribution in [1.82, 2.24) is 0 Å². The Hall–Kier alpha value is -1.16. The molecule has 13 heavy (non-hydrogen) atoms. The first-order chi connectivity index (χ1) is 6.16. The topological polar surface area (TPSA) is 37.4 Å². The molecule has 0 unspecified atom stereocenters. The zero-order chi connectivity index (χ0) is 9.84. The summed E-state index contributed by atoms with van der Waals surface area (Å²) < 4.78 is 0.785. The minimum atomic E-state index is -0.563. The molecule has 0 radical (unpaired) electrons. The summed E-state index contributed by atoms with van der Waals surface area (Å²) in [4.78, 5) is 22.5. The van der Waals surface area contributed by atoms with Gasteiger partial charge in [-0.1, -0.05) is 12.1 Å². The third-order valence-corrected chi connectivity index (χ3v) is 2.32. The third-order valence-electron chi connectivity index (χ3n) is 1.65. The normalized spacial score (nSPS) is 9.38. The van der Waals surface area contributed by atoms with Crippen LogP contribution < -0.4 is 4.90 Å². The molecule has 3 nitrogen and oxygen atoms in total. The maximum Gasteiger partial charge on any atom is 0.290 e. The first kappa shape index (κ1) is 9.92. The summed E-state index contributed by atoms with van der Waals surface area (Å²) in [6, 6.07) is 7.21. The maximum atomic E-state index is 11.0. The van der Waals surface area contributed by atoms with Crippen LogP contribution in [0.1, 0.15) is 0 Å². The van der Waals surface area contributed by atoms with Gasteiger partial charge in [-0.2, -0.15) is 0 Å². The monoisotopic (exact) mass is 241 g/mol. The van der Waals surface area contributed by atoms with Crippen LogP contribution in [-0.2, 0) is 9.59 Å². The van der Waals surface area contributed by atoms with Crippen molar-refractivity contribution in [3.05, 3.63) is 28.7 Å². The summed E-state index contributed by atoms with van der Waals surface area (Å²) in [6.07, 6.45) is 0.291. The highest BCUT2D eigenvalue weighted by atomic mass is 79.9. The minimum Gasteiger partial charge on any atom is -0.308 e. The molecule has 0 aliphatic heterocycles. The molecule has 0 heterocycles. The van der Waals surface area contributed by atoms with Gasteiger partial charge in [-0.25, -0.2) is 0 Å². The van der Waals surface area contributed by atoms with E-state index in [1.807, 2.05) is 12.1 Å². The number of carbonyl (C=O) groups is 2. The van der Waals surface area contributed by atoms with E-state index >= 15 is 0 Å². The van der Waals surface area contributed by atoms with E-state index in [4.69, 9.17) is 0 Å². The molecule has 1 amide bonds. The fourth-order valence-corrected chi connectivity index (χ4v) is 1.47. The van der Waals surface area contributed by atoms with Crippen molar-refractivity contribution in [3.63, 3.8) is 0 Å². The number of nitrogens with zero attached hydrogens (tertiary/aromatic N) is 1. The van der Waals surface area contributed by atoms with Crippen molar-refractivity contribution in [2.75, 3.05) is 11.9 Å². The van der Waals surface area contributed by atoms with Crippen LogP contribution in [0.15, 0.2) is 28.7 Å². The van der Waals surface area contributed by atoms with Gasteiger partial charge in [0.05, 0.1) is 5.69 Å². The summed E-state index contributed by atoms with van der Waals surface area (Å²) in [5.74, 6) is -0.563. The highest BCUT2D eigenvalue weighted by molar-refractivity contribution is 9.10. The molecular weight excluding hydrogens is 234 g/mol. The molecular formula is C9H8BrNO2. The number of rotatable bonds is 2. The number of hydrogen-bond acceptors (Lipinski definition) is 2. The number of para-hydroxylation sites is 1. The van der Waals surface area contributed by atoms with Crippen LogP contribution in [0.3, 0.4) is 0 Å². The molecule has 68 valence electrons. The van der Waals surface area contributed by atoms with Gasteiger partial charge in [-0.15, -0.1) is 0 Å². The molecule has 1 aromatic rings. The van der Waals surface area contributed by atoms with E-state index in [-0.39, 0.29) is 0 Å². The molecule has 4 heteroatoms. The fourth-order valence-electron chi connectivity index (χ4n) is 0.922. The molecule has 1 aromatic carbocycles. The number of likely N-dealkylation sites (N-methyl/N-ethyl adjacent to an activating group) is 1. The van der Waals surface area contributed by atoms with Gasteiger partial charge in [0.25, 0.3) is 5.91 Å². The lowest BCUT2D eigenvalue weighted by atomic mass is 10.3. The van der Waals surface area contributed by atoms with Gasteiger partial charge >= 0.3 is 0 Å². The van der Waals surface area contributed by atoms with E-state index in [0.717, 1.165) is 4.47 Å². The summed E-state index contributed by atoms with van der Waals surface area (Å²) in [7, 11) is 1.55. The van der Waals surface area contributed by atoms with Crippen LogP contribution >= 0.6 is 15.9 Å². The molecule has 0 fully saturated rings. The first-order valence-corrected chi connectivity index (χ1v) is 4.43. The molecule has 0 bridgehead atoms. The molecule has 0 aromatic heterocycles. The molecule has 0 N–H and O–H groups in total. The number of benzene rings is 1. The molecule has 0 aliphatic carbocycles. The quantitative estimate of drug-likeness (QED) is 0.583. The lowest BCUT2D eigenvalue weighted by Crippen LogP contribution is -2.27. The fraction of sp³-hybridized carbons (Fsp3) is 0.111. The number of halogens is 1. The zero-order valence-corrected chi connectivity index (χ0v) is 8.61. The van der Waals surface area contributed by atoms with Gasteiger partial charge < -0.3 is 4.90 Å². The second-order valence-electron chi connectivity index (χ2n) is 2.47. The Morgan fingerprint density at radius 1 is 1.46 bits per heavy atom. The van der Waals surface area contributed by atoms with Crippen LogP contribution in [0.4, 0.5) is 5.69 Å². The Bertz CT molecular complexity index is 338. The Labute approximate surface area is 84.5 Å². The largest absolute Gasteiger partial charge is 0.308 e. The van der Waals surface area contributed by atoms with Gasteiger partial charge in [-0.3, -0.25) is 9.59 Å². The minimum absolute atomic E-state index is 0.291. The molecule has 1 rings (SSSR count). The number of hydrogen-bond donors (Lipinski definition) is 0. The van der Waals surface area contributed by atoms with E-state index in [1.165, 1.54) is 4.90 Å². The Morgan fingerprint density at radius 3 is 2.62 bits per heavy atom. The van der Waals surface area contributed by atoms with Crippen molar-refractivity contribution >= 4 is 33.8 Å². The predicted octanol–water partition coefficient (Wildman–Crippen LogP) is 1.61. The van der Waals surface area contributed by atoms with Gasteiger partial charge in [0, 0.05) is 11.5 Å².